The molecule has 0 aromatic carbocycles. The molecule has 2 saturated heterocycles. The average Bonchev–Trinajstić information content (AvgIpc) is 2.88. The first-order chi connectivity index (χ1) is 9.47. The van der Waals surface area contributed by atoms with Crippen molar-refractivity contribution >= 4 is 5.97 Å². The number of rotatable bonds is 5. The van der Waals surface area contributed by atoms with E-state index in [2.05, 4.69) is 30.6 Å². The van der Waals surface area contributed by atoms with Crippen LogP contribution in [0.5, 0.6) is 0 Å². The number of likely N-dealkylation sites (tertiary alicyclic amines) is 2. The van der Waals surface area contributed by atoms with Crippen LogP contribution in [-0.4, -0.2) is 59.1 Å². The number of carbonyl (C=O) groups is 1. The maximum absolute atomic E-state index is 10.9. The largest absolute Gasteiger partial charge is 0.481 e. The van der Waals surface area contributed by atoms with Crippen LogP contribution in [0.15, 0.2) is 0 Å². The molecule has 1 N–H and O–H groups in total. The van der Waals surface area contributed by atoms with Gasteiger partial charge in [-0.2, -0.15) is 0 Å². The number of hydrogen-bond acceptors (Lipinski definition) is 3. The van der Waals surface area contributed by atoms with Crippen LogP contribution in [0.25, 0.3) is 0 Å². The summed E-state index contributed by atoms with van der Waals surface area (Å²) in [5.74, 6) is 0.215. The summed E-state index contributed by atoms with van der Waals surface area (Å²) in [4.78, 5) is 16.1. The molecule has 3 unspecified atom stereocenters. The fourth-order valence-electron chi connectivity index (χ4n) is 3.81. The molecule has 0 saturated carbocycles. The van der Waals surface area contributed by atoms with Gasteiger partial charge in [0.05, 0.1) is 0 Å². The minimum absolute atomic E-state index is 0.304. The molecule has 116 valence electrons. The van der Waals surface area contributed by atoms with E-state index >= 15 is 0 Å². The lowest BCUT2D eigenvalue weighted by molar-refractivity contribution is -0.138. The van der Waals surface area contributed by atoms with Crippen molar-refractivity contribution in [2.75, 3.05) is 26.2 Å². The van der Waals surface area contributed by atoms with Crippen LogP contribution in [0.4, 0.5) is 0 Å². The highest BCUT2D eigenvalue weighted by Crippen LogP contribution is 2.29. The van der Waals surface area contributed by atoms with E-state index in [1.807, 2.05) is 0 Å². The Morgan fingerprint density at radius 3 is 2.55 bits per heavy atom. The molecule has 0 aromatic rings. The maximum Gasteiger partial charge on any atom is 0.303 e. The Morgan fingerprint density at radius 2 is 1.95 bits per heavy atom. The summed E-state index contributed by atoms with van der Waals surface area (Å²) in [5, 5.41) is 8.97. The predicted molar refractivity (Wildman–Crippen MR) is 80.8 cm³/mol. The molecule has 0 bridgehead atoms. The van der Waals surface area contributed by atoms with Gasteiger partial charge in [0, 0.05) is 38.1 Å². The second-order valence-corrected chi connectivity index (χ2v) is 7.00. The molecule has 2 aliphatic rings. The zero-order valence-corrected chi connectivity index (χ0v) is 13.2. The van der Waals surface area contributed by atoms with E-state index in [0.29, 0.717) is 30.3 Å². The molecule has 2 fully saturated rings. The molecule has 0 radical (unpaired) electrons. The minimum Gasteiger partial charge on any atom is -0.481 e. The van der Waals surface area contributed by atoms with Gasteiger partial charge in [0.15, 0.2) is 0 Å². The SMILES string of the molecule is CC(CC(=O)O)C1CCCN(C2CCN(C(C)C)C2)C1. The van der Waals surface area contributed by atoms with E-state index in [9.17, 15) is 4.79 Å². The number of hydrogen-bond donors (Lipinski definition) is 1. The van der Waals surface area contributed by atoms with Gasteiger partial charge < -0.3 is 5.11 Å². The molecule has 4 heteroatoms. The number of nitrogens with zero attached hydrogens (tertiary/aromatic N) is 2. The van der Waals surface area contributed by atoms with Crippen molar-refractivity contribution in [1.82, 2.24) is 9.80 Å². The van der Waals surface area contributed by atoms with E-state index in [1.54, 1.807) is 0 Å². The lowest BCUT2D eigenvalue weighted by Crippen LogP contribution is -2.46. The summed E-state index contributed by atoms with van der Waals surface area (Å²) < 4.78 is 0. The molecule has 0 spiro atoms. The maximum atomic E-state index is 10.9. The Balaban J connectivity index is 1.86. The molecule has 0 aromatic heterocycles. The van der Waals surface area contributed by atoms with Crippen molar-refractivity contribution in [2.24, 2.45) is 11.8 Å². The third kappa shape index (κ3) is 3.95. The number of carboxylic acids is 1. The summed E-state index contributed by atoms with van der Waals surface area (Å²) in [6, 6.07) is 1.34. The van der Waals surface area contributed by atoms with E-state index in [0.717, 1.165) is 6.54 Å². The Morgan fingerprint density at radius 1 is 1.20 bits per heavy atom. The van der Waals surface area contributed by atoms with Crippen molar-refractivity contribution in [3.63, 3.8) is 0 Å². The summed E-state index contributed by atoms with van der Waals surface area (Å²) in [7, 11) is 0. The molecule has 4 nitrogen and oxygen atoms in total. The van der Waals surface area contributed by atoms with Crippen LogP contribution < -0.4 is 0 Å². The summed E-state index contributed by atoms with van der Waals surface area (Å²) in [5.41, 5.74) is 0. The fraction of sp³-hybridized carbons (Fsp3) is 0.938. The van der Waals surface area contributed by atoms with Gasteiger partial charge in [0.25, 0.3) is 0 Å². The third-order valence-electron chi connectivity index (χ3n) is 5.23. The molecule has 2 rings (SSSR count). The van der Waals surface area contributed by atoms with Crippen LogP contribution in [0, 0.1) is 11.8 Å². The predicted octanol–water partition coefficient (Wildman–Crippen LogP) is 2.29. The number of piperidine rings is 1. The van der Waals surface area contributed by atoms with Gasteiger partial charge in [0.1, 0.15) is 0 Å². The van der Waals surface area contributed by atoms with Crippen molar-refractivity contribution in [3.05, 3.63) is 0 Å². The molecule has 2 aliphatic heterocycles. The highest BCUT2D eigenvalue weighted by molar-refractivity contribution is 5.67. The highest BCUT2D eigenvalue weighted by atomic mass is 16.4. The standard InChI is InChI=1S/C16H30N2O2/c1-12(2)17-8-6-15(11-17)18-7-4-5-14(10-18)13(3)9-16(19)20/h12-15H,4-11H2,1-3H3,(H,19,20). The van der Waals surface area contributed by atoms with Gasteiger partial charge in [-0.1, -0.05) is 6.92 Å². The molecular weight excluding hydrogens is 252 g/mol. The normalized spacial score (nSPS) is 30.8. The van der Waals surface area contributed by atoms with Crippen LogP contribution in [0.1, 0.15) is 46.5 Å². The molecule has 3 atom stereocenters. The van der Waals surface area contributed by atoms with Gasteiger partial charge in [-0.3, -0.25) is 14.6 Å². The Bertz CT molecular complexity index is 332. The van der Waals surface area contributed by atoms with E-state index in [-0.39, 0.29) is 0 Å². The summed E-state index contributed by atoms with van der Waals surface area (Å²) in [6.45, 7) is 11.4. The average molecular weight is 282 g/mol. The second-order valence-electron chi connectivity index (χ2n) is 7.00. The zero-order chi connectivity index (χ0) is 14.7. The van der Waals surface area contributed by atoms with E-state index < -0.39 is 5.97 Å². The first-order valence-corrected chi connectivity index (χ1v) is 8.17. The molecular formula is C16H30N2O2. The second kappa shape index (κ2) is 6.90. The monoisotopic (exact) mass is 282 g/mol. The topological polar surface area (TPSA) is 43.8 Å². The Labute approximate surface area is 123 Å². The fourth-order valence-corrected chi connectivity index (χ4v) is 3.81. The smallest absolute Gasteiger partial charge is 0.303 e. The van der Waals surface area contributed by atoms with Crippen molar-refractivity contribution in [3.8, 4) is 0 Å². The van der Waals surface area contributed by atoms with E-state index in [1.165, 1.54) is 38.9 Å². The summed E-state index contributed by atoms with van der Waals surface area (Å²) >= 11 is 0. The Kier molecular flexibility index (Phi) is 5.44. The van der Waals surface area contributed by atoms with Crippen LogP contribution in [0.2, 0.25) is 0 Å². The number of aliphatic carboxylic acids is 1. The van der Waals surface area contributed by atoms with Gasteiger partial charge in [-0.15, -0.1) is 0 Å². The summed E-state index contributed by atoms with van der Waals surface area (Å²) in [6.07, 6.45) is 4.03. The van der Waals surface area contributed by atoms with Crippen LogP contribution in [-0.2, 0) is 4.79 Å². The van der Waals surface area contributed by atoms with Gasteiger partial charge in [-0.05, 0) is 51.5 Å². The van der Waals surface area contributed by atoms with Crippen molar-refractivity contribution in [2.45, 2.75) is 58.5 Å². The van der Waals surface area contributed by atoms with Gasteiger partial charge >= 0.3 is 5.97 Å². The third-order valence-corrected chi connectivity index (χ3v) is 5.23. The van der Waals surface area contributed by atoms with Crippen molar-refractivity contribution in [1.29, 1.82) is 0 Å². The lowest BCUT2D eigenvalue weighted by Gasteiger charge is -2.39. The Hall–Kier alpha value is -0.610. The highest BCUT2D eigenvalue weighted by Gasteiger charge is 2.33. The lowest BCUT2D eigenvalue weighted by atomic mass is 9.84. The van der Waals surface area contributed by atoms with Crippen LogP contribution in [0.3, 0.4) is 0 Å². The van der Waals surface area contributed by atoms with Gasteiger partial charge in [0.2, 0.25) is 0 Å². The molecule has 0 amide bonds. The minimum atomic E-state index is -0.651. The zero-order valence-electron chi connectivity index (χ0n) is 13.2. The quantitative estimate of drug-likeness (QED) is 0.840. The van der Waals surface area contributed by atoms with E-state index in [4.69, 9.17) is 5.11 Å². The molecule has 2 heterocycles. The first kappa shape index (κ1) is 15.8. The van der Waals surface area contributed by atoms with Crippen LogP contribution >= 0.6 is 0 Å². The molecule has 20 heavy (non-hydrogen) atoms. The van der Waals surface area contributed by atoms with Crippen molar-refractivity contribution < 1.29 is 9.90 Å². The first-order valence-electron chi connectivity index (χ1n) is 8.17. The molecule has 0 aliphatic carbocycles. The number of carboxylic acid groups (broad SMARTS) is 1. The van der Waals surface area contributed by atoms with Gasteiger partial charge in [-0.25, -0.2) is 0 Å².